The Morgan fingerprint density at radius 2 is 1.86 bits per heavy atom. The Hall–Kier alpha value is -1.53. The van der Waals surface area contributed by atoms with Crippen molar-refractivity contribution in [1.29, 1.82) is 0 Å². The first-order chi connectivity index (χ1) is 9.97. The van der Waals surface area contributed by atoms with Crippen LogP contribution in [-0.4, -0.2) is 11.5 Å². The van der Waals surface area contributed by atoms with E-state index in [9.17, 15) is 8.78 Å². The van der Waals surface area contributed by atoms with Crippen molar-refractivity contribution in [2.24, 2.45) is 5.73 Å². The molecule has 2 N–H and O–H groups in total. The highest BCUT2D eigenvalue weighted by molar-refractivity contribution is 9.10. The topological polar surface area (TPSA) is 29.3 Å². The number of benzene rings is 2. The van der Waals surface area contributed by atoms with E-state index >= 15 is 0 Å². The monoisotopic (exact) mass is 370 g/mol. The molecule has 0 bridgehead atoms. The quantitative estimate of drug-likeness (QED) is 0.802. The lowest BCUT2D eigenvalue weighted by Crippen LogP contribution is -2.20. The van der Waals surface area contributed by atoms with E-state index in [2.05, 4.69) is 15.9 Å². The number of para-hydroxylation sites is 1. The van der Waals surface area contributed by atoms with E-state index in [1.54, 1.807) is 35.2 Å². The summed E-state index contributed by atoms with van der Waals surface area (Å²) in [4.78, 5) is 1.65. The summed E-state index contributed by atoms with van der Waals surface area (Å²) in [5.41, 5.74) is 6.52. The molecule has 0 spiro atoms. The van der Waals surface area contributed by atoms with Crippen LogP contribution < -0.4 is 10.6 Å². The van der Waals surface area contributed by atoms with Crippen molar-refractivity contribution >= 4 is 44.5 Å². The smallest absolute Gasteiger partial charge is 0.161 e. The first-order valence-electron chi connectivity index (χ1n) is 6.27. The Kier molecular flexibility index (Phi) is 4.90. The Labute approximate surface area is 135 Å². The maximum absolute atomic E-state index is 14.6. The number of nitrogens with two attached hydrogens (primary N) is 1. The van der Waals surface area contributed by atoms with E-state index in [1.165, 1.54) is 6.07 Å². The fraction of sp³-hybridized carbons (Fsp3) is 0.133. The molecule has 0 saturated carbocycles. The van der Waals surface area contributed by atoms with Crippen LogP contribution in [0.2, 0.25) is 0 Å². The van der Waals surface area contributed by atoms with E-state index in [-0.39, 0.29) is 15.1 Å². The summed E-state index contributed by atoms with van der Waals surface area (Å²) in [5, 5.41) is 0. The van der Waals surface area contributed by atoms with Crippen molar-refractivity contribution in [2.75, 3.05) is 11.4 Å². The van der Waals surface area contributed by atoms with Gasteiger partial charge in [-0.15, -0.1) is 0 Å². The maximum Gasteiger partial charge on any atom is 0.161 e. The summed E-state index contributed by atoms with van der Waals surface area (Å²) < 4.78 is 28.7. The summed E-state index contributed by atoms with van der Waals surface area (Å²) in [6, 6.07) is 9.41. The van der Waals surface area contributed by atoms with Crippen molar-refractivity contribution < 1.29 is 8.78 Å². The van der Waals surface area contributed by atoms with Gasteiger partial charge in [-0.3, -0.25) is 0 Å². The van der Waals surface area contributed by atoms with Crippen molar-refractivity contribution in [2.45, 2.75) is 6.92 Å². The van der Waals surface area contributed by atoms with Gasteiger partial charge in [0.1, 0.15) is 10.8 Å². The molecule has 2 aromatic rings. The third kappa shape index (κ3) is 3.06. The Bertz CT molecular complexity index is 691. The highest BCUT2D eigenvalue weighted by Gasteiger charge is 2.19. The number of rotatable bonds is 4. The predicted octanol–water partition coefficient (Wildman–Crippen LogP) is 4.52. The Morgan fingerprint density at radius 3 is 2.43 bits per heavy atom. The molecule has 0 heterocycles. The highest BCUT2D eigenvalue weighted by Crippen LogP contribution is 2.34. The van der Waals surface area contributed by atoms with Gasteiger partial charge in [-0.05, 0) is 47.1 Å². The van der Waals surface area contributed by atoms with Gasteiger partial charge >= 0.3 is 0 Å². The van der Waals surface area contributed by atoms with Crippen LogP contribution in [0.1, 0.15) is 12.5 Å². The molecule has 0 radical (unpaired) electrons. The molecule has 0 aliphatic heterocycles. The molecular formula is C15H13BrF2N2S. The van der Waals surface area contributed by atoms with E-state index in [4.69, 9.17) is 18.0 Å². The average molecular weight is 371 g/mol. The average Bonchev–Trinajstić information content (AvgIpc) is 2.45. The minimum absolute atomic E-state index is 0.0984. The highest BCUT2D eigenvalue weighted by atomic mass is 79.9. The largest absolute Gasteiger partial charge is 0.389 e. The molecule has 0 aromatic heterocycles. The van der Waals surface area contributed by atoms with Gasteiger partial charge in [0.25, 0.3) is 0 Å². The Balaban J connectivity index is 2.57. The van der Waals surface area contributed by atoms with E-state index in [0.717, 1.165) is 0 Å². The lowest BCUT2D eigenvalue weighted by Gasteiger charge is -2.25. The minimum atomic E-state index is -0.523. The second kappa shape index (κ2) is 6.49. The Morgan fingerprint density at radius 1 is 1.19 bits per heavy atom. The molecule has 0 amide bonds. The van der Waals surface area contributed by atoms with Gasteiger partial charge in [0.2, 0.25) is 0 Å². The second-order valence-corrected chi connectivity index (χ2v) is 5.55. The molecule has 0 aliphatic carbocycles. The molecule has 0 saturated heterocycles. The van der Waals surface area contributed by atoms with Gasteiger partial charge in [-0.1, -0.05) is 24.4 Å². The third-order valence-corrected chi connectivity index (χ3v) is 4.07. The van der Waals surface area contributed by atoms with Crippen LogP contribution in [0, 0.1) is 11.6 Å². The molecular weight excluding hydrogens is 358 g/mol. The van der Waals surface area contributed by atoms with Crippen molar-refractivity contribution in [3.8, 4) is 0 Å². The summed E-state index contributed by atoms with van der Waals surface area (Å²) in [6.45, 7) is 2.23. The van der Waals surface area contributed by atoms with E-state index in [1.807, 2.05) is 6.92 Å². The van der Waals surface area contributed by atoms with Crippen molar-refractivity contribution in [3.63, 3.8) is 0 Å². The predicted molar refractivity (Wildman–Crippen MR) is 89.1 cm³/mol. The lowest BCUT2D eigenvalue weighted by atomic mass is 10.1. The molecule has 2 rings (SSSR count). The first kappa shape index (κ1) is 15.9. The summed E-state index contributed by atoms with van der Waals surface area (Å²) >= 11 is 8.03. The molecule has 2 nitrogen and oxygen atoms in total. The van der Waals surface area contributed by atoms with Crippen LogP contribution in [-0.2, 0) is 0 Å². The van der Waals surface area contributed by atoms with Gasteiger partial charge in [0, 0.05) is 12.1 Å². The molecule has 0 unspecified atom stereocenters. The fourth-order valence-electron chi connectivity index (χ4n) is 2.08. The van der Waals surface area contributed by atoms with Crippen LogP contribution in [0.4, 0.5) is 20.2 Å². The standard InChI is InChI=1S/C15H13BrF2N2S/c1-2-20(11-6-4-3-5-10(11)17)12-8-7-9(15(19)21)13(16)14(12)18/h3-8H,2H2,1H3,(H2,19,21). The van der Waals surface area contributed by atoms with Crippen molar-refractivity contribution in [3.05, 3.63) is 58.1 Å². The normalized spacial score (nSPS) is 10.5. The molecule has 0 atom stereocenters. The maximum atomic E-state index is 14.6. The first-order valence-corrected chi connectivity index (χ1v) is 7.47. The number of anilines is 2. The number of nitrogens with zero attached hydrogens (tertiary/aromatic N) is 1. The van der Waals surface area contributed by atoms with Gasteiger partial charge in [-0.2, -0.15) is 0 Å². The van der Waals surface area contributed by atoms with Crippen LogP contribution in [0.15, 0.2) is 40.9 Å². The summed E-state index contributed by atoms with van der Waals surface area (Å²) in [6.07, 6.45) is 0. The number of hydrogen-bond acceptors (Lipinski definition) is 2. The summed E-state index contributed by atoms with van der Waals surface area (Å²) in [5.74, 6) is -0.932. The van der Waals surface area contributed by atoms with Crippen LogP contribution in [0.25, 0.3) is 0 Å². The zero-order valence-corrected chi connectivity index (χ0v) is 13.6. The zero-order valence-electron chi connectivity index (χ0n) is 11.2. The van der Waals surface area contributed by atoms with E-state index in [0.29, 0.717) is 17.8 Å². The van der Waals surface area contributed by atoms with E-state index < -0.39 is 11.6 Å². The van der Waals surface area contributed by atoms with Crippen LogP contribution in [0.5, 0.6) is 0 Å². The SMILES string of the molecule is CCN(c1ccccc1F)c1ccc(C(N)=S)c(Br)c1F. The van der Waals surface area contributed by atoms with Crippen LogP contribution >= 0.6 is 28.1 Å². The van der Waals surface area contributed by atoms with Gasteiger partial charge in [0.15, 0.2) is 5.82 Å². The molecule has 0 aliphatic rings. The number of thiocarbonyl (C=S) groups is 1. The van der Waals surface area contributed by atoms with Crippen LogP contribution in [0.3, 0.4) is 0 Å². The molecule has 21 heavy (non-hydrogen) atoms. The van der Waals surface area contributed by atoms with Gasteiger partial charge in [-0.25, -0.2) is 8.78 Å². The molecule has 6 heteroatoms. The number of hydrogen-bond donors (Lipinski definition) is 1. The van der Waals surface area contributed by atoms with Gasteiger partial charge < -0.3 is 10.6 Å². The zero-order chi connectivity index (χ0) is 15.6. The second-order valence-electron chi connectivity index (χ2n) is 4.32. The third-order valence-electron chi connectivity index (χ3n) is 3.08. The minimum Gasteiger partial charge on any atom is -0.389 e. The lowest BCUT2D eigenvalue weighted by molar-refractivity contribution is 0.610. The fourth-order valence-corrected chi connectivity index (χ4v) is 2.93. The molecule has 2 aromatic carbocycles. The number of halogens is 3. The van der Waals surface area contributed by atoms with Gasteiger partial charge in [0.05, 0.1) is 15.8 Å². The summed E-state index contributed by atoms with van der Waals surface area (Å²) in [7, 11) is 0. The molecule has 110 valence electrons. The van der Waals surface area contributed by atoms with Crippen molar-refractivity contribution in [1.82, 2.24) is 0 Å². The molecule has 0 fully saturated rings.